The predicted molar refractivity (Wildman–Crippen MR) is 161 cm³/mol. The minimum absolute atomic E-state index is 0.0175. The first kappa shape index (κ1) is 29.2. The smallest absolute Gasteiger partial charge is 0.313 e. The number of hydrogen-bond donors (Lipinski definition) is 0. The first-order valence-electron chi connectivity index (χ1n) is 15.6. The van der Waals surface area contributed by atoms with E-state index in [2.05, 4.69) is 12.2 Å². The summed E-state index contributed by atoms with van der Waals surface area (Å²) in [6.07, 6.45) is 10.5. The third-order valence-corrected chi connectivity index (χ3v) is 10.3. The van der Waals surface area contributed by atoms with E-state index in [-0.39, 0.29) is 54.4 Å². The lowest BCUT2D eigenvalue weighted by molar-refractivity contribution is -0.152. The molecule has 42 heavy (non-hydrogen) atoms. The maximum Gasteiger partial charge on any atom is 0.313 e. The first-order chi connectivity index (χ1) is 20.2. The second kappa shape index (κ2) is 11.3. The van der Waals surface area contributed by atoms with Crippen molar-refractivity contribution in [2.75, 3.05) is 13.2 Å². The average molecular weight is 593 g/mol. The molecule has 1 amide bonds. The molecule has 2 fully saturated rings. The Kier molecular flexibility index (Phi) is 7.84. The number of benzene rings is 1. The highest BCUT2D eigenvalue weighted by Gasteiger charge is 2.63. The van der Waals surface area contributed by atoms with E-state index in [9.17, 15) is 14.4 Å². The molecule has 0 radical (unpaired) electrons. The van der Waals surface area contributed by atoms with Gasteiger partial charge in [-0.25, -0.2) is 4.98 Å². The first-order valence-corrected chi connectivity index (χ1v) is 16.0. The van der Waals surface area contributed by atoms with Crippen LogP contribution in [0.5, 0.6) is 5.75 Å². The highest BCUT2D eigenvalue weighted by atomic mass is 35.5. The molecule has 1 spiro atoms. The van der Waals surface area contributed by atoms with Crippen molar-refractivity contribution in [1.29, 1.82) is 0 Å². The van der Waals surface area contributed by atoms with Gasteiger partial charge in [0.2, 0.25) is 5.91 Å². The molecule has 3 aliphatic heterocycles. The summed E-state index contributed by atoms with van der Waals surface area (Å²) in [7, 11) is 0. The second-order valence-corrected chi connectivity index (χ2v) is 13.4. The number of ketones is 1. The normalized spacial score (nSPS) is 34.0. The van der Waals surface area contributed by atoms with E-state index >= 15 is 0 Å². The average Bonchev–Trinajstić information content (AvgIpc) is 3.54. The topological polar surface area (TPSA) is 85.8 Å². The molecular weight excluding hydrogens is 552 g/mol. The van der Waals surface area contributed by atoms with Gasteiger partial charge in [-0.05, 0) is 51.5 Å². The van der Waals surface area contributed by atoms with Crippen LogP contribution in [0.25, 0.3) is 10.9 Å². The maximum atomic E-state index is 14.2. The number of Topliss-reactive ketones (excluding diaryl/α,β-unsaturated/α-hetero) is 1. The lowest BCUT2D eigenvalue weighted by atomic mass is 9.85. The van der Waals surface area contributed by atoms with Crippen LogP contribution in [-0.4, -0.2) is 52.3 Å². The molecule has 224 valence electrons. The molecule has 1 aliphatic carbocycles. The Morgan fingerprint density at radius 3 is 2.79 bits per heavy atom. The summed E-state index contributed by atoms with van der Waals surface area (Å²) < 4.78 is 12.3. The van der Waals surface area contributed by atoms with Crippen molar-refractivity contribution in [2.24, 2.45) is 17.3 Å². The molecular formula is C34H41ClN2O5. The van der Waals surface area contributed by atoms with Gasteiger partial charge in [0, 0.05) is 36.1 Å². The van der Waals surface area contributed by atoms with E-state index in [1.54, 1.807) is 11.8 Å². The molecule has 2 aromatic rings. The number of rotatable bonds is 2. The van der Waals surface area contributed by atoms with E-state index in [0.29, 0.717) is 25.0 Å². The number of aryl methyl sites for hydroxylation is 1. The molecule has 6 atom stereocenters. The number of ether oxygens (including phenoxy) is 2. The monoisotopic (exact) mass is 592 g/mol. The third-order valence-electron chi connectivity index (χ3n) is 9.90. The number of alkyl halides is 1. The molecule has 0 N–H and O–H groups in total. The minimum atomic E-state index is -0.853. The fourth-order valence-electron chi connectivity index (χ4n) is 7.52. The standard InChI is InChI=1S/C34H41ClN2O5/c1-4-41-32(40)34-16-23(34)13-9-7-5-6-8-12-21(2)31(39)37-20-33(18-27(37)28(38)19-34)17-25(35)29-24-14-10-11-15-26(24)36-22(3)30(29)42-33/h9-11,13-15,21,23,25,27H,4-8,12,16-20H2,1-3H3/b13-9-/t21-,23+,25?,27-,33+,34+/m0/s1. The van der Waals surface area contributed by atoms with Gasteiger partial charge in [-0.15, -0.1) is 11.6 Å². The van der Waals surface area contributed by atoms with Crippen molar-refractivity contribution in [3.8, 4) is 5.75 Å². The van der Waals surface area contributed by atoms with E-state index in [4.69, 9.17) is 26.1 Å². The number of fused-ring (bicyclic) bond motifs is 5. The number of esters is 1. The Morgan fingerprint density at radius 1 is 1.17 bits per heavy atom. The zero-order valence-electron chi connectivity index (χ0n) is 24.9. The van der Waals surface area contributed by atoms with E-state index in [1.807, 2.05) is 38.1 Å². The van der Waals surface area contributed by atoms with Gasteiger partial charge in [0.15, 0.2) is 5.78 Å². The molecule has 1 saturated carbocycles. The van der Waals surface area contributed by atoms with Crippen LogP contribution in [0.1, 0.15) is 88.3 Å². The summed E-state index contributed by atoms with van der Waals surface area (Å²) in [5.74, 6) is -0.000710. The number of hydrogen-bond acceptors (Lipinski definition) is 6. The van der Waals surface area contributed by atoms with E-state index in [1.165, 1.54) is 0 Å². The summed E-state index contributed by atoms with van der Waals surface area (Å²) in [4.78, 5) is 47.9. The number of pyridine rings is 1. The summed E-state index contributed by atoms with van der Waals surface area (Å²) in [6.45, 7) is 6.24. The molecule has 4 heterocycles. The lowest BCUT2D eigenvalue weighted by Crippen LogP contribution is -2.46. The fourth-order valence-corrected chi connectivity index (χ4v) is 8.02. The van der Waals surface area contributed by atoms with Crippen LogP contribution >= 0.6 is 11.6 Å². The Labute approximate surface area is 253 Å². The molecule has 4 aliphatic rings. The molecule has 1 aromatic heterocycles. The number of amides is 1. The van der Waals surface area contributed by atoms with Crippen LogP contribution in [0.4, 0.5) is 0 Å². The second-order valence-electron chi connectivity index (χ2n) is 12.9. The van der Waals surface area contributed by atoms with E-state index < -0.39 is 17.1 Å². The van der Waals surface area contributed by atoms with Crippen molar-refractivity contribution in [3.63, 3.8) is 0 Å². The number of para-hydroxylation sites is 1. The molecule has 6 rings (SSSR count). The Morgan fingerprint density at radius 2 is 1.98 bits per heavy atom. The molecule has 1 unspecified atom stereocenters. The number of nitrogens with zero attached hydrogens (tertiary/aromatic N) is 2. The molecule has 1 aromatic carbocycles. The van der Waals surface area contributed by atoms with Gasteiger partial charge < -0.3 is 14.4 Å². The van der Waals surface area contributed by atoms with Gasteiger partial charge in [0.1, 0.15) is 11.4 Å². The lowest BCUT2D eigenvalue weighted by Gasteiger charge is -2.39. The van der Waals surface area contributed by atoms with Crippen molar-refractivity contribution >= 4 is 40.2 Å². The van der Waals surface area contributed by atoms with Gasteiger partial charge >= 0.3 is 5.97 Å². The van der Waals surface area contributed by atoms with Gasteiger partial charge in [0.05, 0.1) is 41.2 Å². The van der Waals surface area contributed by atoms with Crippen LogP contribution in [0.15, 0.2) is 36.4 Å². The van der Waals surface area contributed by atoms with Crippen molar-refractivity contribution < 1.29 is 23.9 Å². The largest absolute Gasteiger partial charge is 0.483 e. The SMILES string of the molecule is CCOC(=O)[C@]12CC(=O)[C@@H]3C[C@]4(CC(Cl)c5c(c(C)nc6ccccc56)O4)CN3C(=O)[C@@H](C)CCCCC/C=C\[C@@H]1C2. The number of aromatic nitrogens is 1. The Hall–Kier alpha value is -2.93. The van der Waals surface area contributed by atoms with Crippen LogP contribution in [-0.2, 0) is 19.1 Å². The highest BCUT2D eigenvalue weighted by molar-refractivity contribution is 6.22. The summed E-state index contributed by atoms with van der Waals surface area (Å²) >= 11 is 7.14. The summed E-state index contributed by atoms with van der Waals surface area (Å²) in [5.41, 5.74) is 0.881. The zero-order valence-corrected chi connectivity index (χ0v) is 25.6. The summed E-state index contributed by atoms with van der Waals surface area (Å²) in [6, 6.07) is 7.24. The van der Waals surface area contributed by atoms with Gasteiger partial charge in [-0.1, -0.05) is 50.1 Å². The quantitative estimate of drug-likeness (QED) is 0.221. The number of halogens is 1. The fraction of sp³-hybridized carbons (Fsp3) is 0.588. The van der Waals surface area contributed by atoms with Crippen LogP contribution in [0.2, 0.25) is 0 Å². The van der Waals surface area contributed by atoms with Crippen molar-refractivity contribution in [3.05, 3.63) is 47.7 Å². The molecule has 8 heteroatoms. The number of allylic oxidation sites excluding steroid dienone is 2. The van der Waals surface area contributed by atoms with Crippen molar-refractivity contribution in [2.45, 2.75) is 95.6 Å². The minimum Gasteiger partial charge on any atom is -0.483 e. The number of carbonyl (C=O) groups is 3. The van der Waals surface area contributed by atoms with Crippen LogP contribution in [0.3, 0.4) is 0 Å². The van der Waals surface area contributed by atoms with Gasteiger partial charge in [-0.3, -0.25) is 14.4 Å². The zero-order chi connectivity index (χ0) is 29.6. The Bertz CT molecular complexity index is 1440. The number of carbonyl (C=O) groups excluding carboxylic acids is 3. The Balaban J connectivity index is 1.35. The molecule has 7 nitrogen and oxygen atoms in total. The van der Waals surface area contributed by atoms with Gasteiger partial charge in [-0.2, -0.15) is 0 Å². The van der Waals surface area contributed by atoms with E-state index in [0.717, 1.165) is 54.3 Å². The van der Waals surface area contributed by atoms with Gasteiger partial charge in [0.25, 0.3) is 0 Å². The summed E-state index contributed by atoms with van der Waals surface area (Å²) in [5, 5.41) is 0.607. The van der Waals surface area contributed by atoms with Crippen LogP contribution < -0.4 is 4.74 Å². The van der Waals surface area contributed by atoms with Crippen molar-refractivity contribution in [1.82, 2.24) is 9.88 Å². The highest BCUT2D eigenvalue weighted by Crippen LogP contribution is 2.58. The predicted octanol–water partition coefficient (Wildman–Crippen LogP) is 6.63. The third kappa shape index (κ3) is 5.12. The maximum absolute atomic E-state index is 14.2. The van der Waals surface area contributed by atoms with Crippen LogP contribution in [0, 0.1) is 24.2 Å². The molecule has 0 bridgehead atoms. The molecule has 1 saturated heterocycles.